The Balaban J connectivity index is 1.81. The lowest BCUT2D eigenvalue weighted by Crippen LogP contribution is -2.48. The molecule has 3 heterocycles. The number of hydrogen-bond donors (Lipinski definition) is 2. The van der Waals surface area contributed by atoms with E-state index in [0.29, 0.717) is 10.9 Å². The fraction of sp³-hybridized carbons (Fsp3) is 0.333. The Kier molecular flexibility index (Phi) is 7.71. The van der Waals surface area contributed by atoms with Crippen LogP contribution in [0.1, 0.15) is 39.7 Å². The molecule has 0 amide bonds. The number of aromatic nitrogens is 4. The summed E-state index contributed by atoms with van der Waals surface area (Å²) >= 11 is 0. The summed E-state index contributed by atoms with van der Waals surface area (Å²) in [6, 6.07) is 8.85. The van der Waals surface area contributed by atoms with Gasteiger partial charge in [0, 0.05) is 29.9 Å². The maximum atomic E-state index is 14.9. The Morgan fingerprint density at radius 1 is 1.18 bits per heavy atom. The number of fused-ring (bicyclic) bond motifs is 1. The van der Waals surface area contributed by atoms with Crippen LogP contribution in [0.25, 0.3) is 22.4 Å². The molecule has 0 spiro atoms. The Morgan fingerprint density at radius 2 is 1.87 bits per heavy atom. The maximum Gasteiger partial charge on any atom is 0.322 e. The molecule has 3 aromatic heterocycles. The van der Waals surface area contributed by atoms with E-state index in [1.54, 1.807) is 31.2 Å². The van der Waals surface area contributed by atoms with Crippen LogP contribution in [0, 0.1) is 18.2 Å². The first-order valence-corrected chi connectivity index (χ1v) is 13.8. The largest absolute Gasteiger partial charge is 0.480 e. The normalized spacial score (nSPS) is 13.1. The van der Waals surface area contributed by atoms with Crippen LogP contribution in [0.2, 0.25) is 0 Å². The second kappa shape index (κ2) is 10.7. The number of carboxylic acid groups (broad SMARTS) is 1. The van der Waals surface area contributed by atoms with Crippen LogP contribution in [0.15, 0.2) is 59.9 Å². The van der Waals surface area contributed by atoms with Crippen molar-refractivity contribution in [3.63, 3.8) is 0 Å². The minimum atomic E-state index is -4.02. The molecule has 12 heteroatoms. The first kappa shape index (κ1) is 28.1. The zero-order valence-corrected chi connectivity index (χ0v) is 23.2. The zero-order chi connectivity index (χ0) is 28.5. The Bertz CT molecular complexity index is 1610. The molecule has 4 aromatic rings. The average molecular weight is 555 g/mol. The van der Waals surface area contributed by atoms with Gasteiger partial charge in [-0.15, -0.1) is 0 Å². The molecule has 4 rings (SSSR count). The summed E-state index contributed by atoms with van der Waals surface area (Å²) in [5.41, 5.74) is 3.94. The molecule has 2 N–H and O–H groups in total. The van der Waals surface area contributed by atoms with Crippen molar-refractivity contribution in [1.82, 2.24) is 23.9 Å². The maximum absolute atomic E-state index is 14.9. The van der Waals surface area contributed by atoms with Crippen LogP contribution < -0.4 is 5.43 Å². The van der Waals surface area contributed by atoms with E-state index in [2.05, 4.69) is 20.4 Å². The lowest BCUT2D eigenvalue weighted by atomic mass is 9.96. The fourth-order valence-corrected chi connectivity index (χ4v) is 5.52. The molecule has 1 aromatic carbocycles. The van der Waals surface area contributed by atoms with Crippen LogP contribution in [0.4, 0.5) is 10.2 Å². The van der Waals surface area contributed by atoms with Crippen molar-refractivity contribution in [2.75, 3.05) is 12.0 Å². The highest BCUT2D eigenvalue weighted by molar-refractivity contribution is 7.90. The van der Waals surface area contributed by atoms with Crippen molar-refractivity contribution in [2.45, 2.75) is 52.0 Å². The summed E-state index contributed by atoms with van der Waals surface area (Å²) in [6.45, 7) is 9.69. The molecule has 0 bridgehead atoms. The molecule has 0 aliphatic carbocycles. The number of anilines is 1. The Morgan fingerprint density at radius 3 is 2.49 bits per heavy atom. The number of aliphatic carboxylic acids is 1. The third-order valence-corrected chi connectivity index (χ3v) is 7.70. The van der Waals surface area contributed by atoms with E-state index in [0.717, 1.165) is 15.7 Å². The van der Waals surface area contributed by atoms with E-state index >= 15 is 0 Å². The van der Waals surface area contributed by atoms with Crippen LogP contribution in [-0.2, 0) is 14.8 Å². The molecule has 0 aliphatic rings. The minimum Gasteiger partial charge on any atom is -0.480 e. The standard InChI is InChI=1S/C27H31FN6O4S/c1-6-22(26(35)36)33(16-27(3,4)5)32-24-21(28)14-30-23(31-24)20-15-34(25-19(20)8-7-13-29-25)39(37,38)18-11-9-17(2)10-12-18/h7-15,22H,6,16H2,1-5H3,(H,35,36)(H,30,31,32). The lowest BCUT2D eigenvalue weighted by molar-refractivity contribution is -0.143. The molecule has 206 valence electrons. The summed E-state index contributed by atoms with van der Waals surface area (Å²) in [7, 11) is -4.02. The highest BCUT2D eigenvalue weighted by Crippen LogP contribution is 2.31. The number of hydrazine groups is 1. The van der Waals surface area contributed by atoms with Crippen molar-refractivity contribution in [2.24, 2.45) is 5.41 Å². The molecule has 0 fully saturated rings. The number of hydrogen-bond acceptors (Lipinski definition) is 8. The lowest BCUT2D eigenvalue weighted by Gasteiger charge is -2.34. The molecule has 0 radical (unpaired) electrons. The summed E-state index contributed by atoms with van der Waals surface area (Å²) in [5.74, 6) is -2.02. The summed E-state index contributed by atoms with van der Waals surface area (Å²) in [4.78, 5) is 24.8. The van der Waals surface area contributed by atoms with Crippen LogP contribution >= 0.6 is 0 Å². The molecule has 0 saturated heterocycles. The number of carboxylic acids is 1. The van der Waals surface area contributed by atoms with Crippen LogP contribution in [0.5, 0.6) is 0 Å². The number of rotatable bonds is 9. The molecule has 10 nitrogen and oxygen atoms in total. The van der Waals surface area contributed by atoms with E-state index in [-0.39, 0.29) is 40.6 Å². The number of benzene rings is 1. The van der Waals surface area contributed by atoms with Gasteiger partial charge in [0.05, 0.1) is 11.1 Å². The summed E-state index contributed by atoms with van der Waals surface area (Å²) in [5, 5.41) is 11.7. The SMILES string of the molecule is CCC(C(=O)O)N(CC(C)(C)C)Nc1nc(-c2cn(S(=O)(=O)c3ccc(C)cc3)c3ncccc23)ncc1F. The predicted molar refractivity (Wildman–Crippen MR) is 146 cm³/mol. The number of carbonyl (C=O) groups is 1. The van der Waals surface area contributed by atoms with Gasteiger partial charge in [-0.25, -0.2) is 36.7 Å². The van der Waals surface area contributed by atoms with Gasteiger partial charge in [0.15, 0.2) is 23.1 Å². The number of halogens is 1. The van der Waals surface area contributed by atoms with E-state index in [1.807, 2.05) is 27.7 Å². The summed E-state index contributed by atoms with van der Waals surface area (Å²) in [6.07, 6.45) is 4.08. The first-order chi connectivity index (χ1) is 18.3. The quantitative estimate of drug-likeness (QED) is 0.282. The van der Waals surface area contributed by atoms with Crippen LogP contribution in [0.3, 0.4) is 0 Å². The Hall–Kier alpha value is -3.90. The monoisotopic (exact) mass is 554 g/mol. The van der Waals surface area contributed by atoms with E-state index in [9.17, 15) is 22.7 Å². The van der Waals surface area contributed by atoms with Crippen molar-refractivity contribution < 1.29 is 22.7 Å². The van der Waals surface area contributed by atoms with Gasteiger partial charge >= 0.3 is 5.97 Å². The van der Waals surface area contributed by atoms with Gasteiger partial charge in [0.1, 0.15) is 6.04 Å². The average Bonchev–Trinajstić information content (AvgIpc) is 3.25. The smallest absolute Gasteiger partial charge is 0.322 e. The van der Waals surface area contributed by atoms with Gasteiger partial charge in [-0.05, 0) is 43.0 Å². The van der Waals surface area contributed by atoms with E-state index in [1.165, 1.54) is 29.5 Å². The molecule has 0 saturated carbocycles. The van der Waals surface area contributed by atoms with Crippen molar-refractivity contribution in [1.29, 1.82) is 0 Å². The van der Waals surface area contributed by atoms with Gasteiger partial charge in [-0.3, -0.25) is 10.2 Å². The van der Waals surface area contributed by atoms with Crippen molar-refractivity contribution >= 4 is 32.8 Å². The number of nitrogens with one attached hydrogen (secondary N) is 1. The predicted octanol–water partition coefficient (Wildman–Crippen LogP) is 4.72. The van der Waals surface area contributed by atoms with E-state index < -0.39 is 27.9 Å². The highest BCUT2D eigenvalue weighted by atomic mass is 32.2. The topological polar surface area (TPSA) is 130 Å². The minimum absolute atomic E-state index is 0.0499. The first-order valence-electron chi connectivity index (χ1n) is 12.4. The van der Waals surface area contributed by atoms with Gasteiger partial charge in [0.2, 0.25) is 0 Å². The fourth-order valence-electron chi connectivity index (χ4n) is 4.19. The third kappa shape index (κ3) is 5.91. The molecule has 1 unspecified atom stereocenters. The van der Waals surface area contributed by atoms with Gasteiger partial charge in [-0.2, -0.15) is 0 Å². The van der Waals surface area contributed by atoms with Crippen molar-refractivity contribution in [3.05, 3.63) is 66.4 Å². The second-order valence-electron chi connectivity index (χ2n) is 10.5. The summed E-state index contributed by atoms with van der Waals surface area (Å²) < 4.78 is 43.0. The molecule has 0 aliphatic heterocycles. The Labute approximate surface area is 226 Å². The third-order valence-electron chi connectivity index (χ3n) is 6.04. The number of pyridine rings is 1. The van der Waals surface area contributed by atoms with Gasteiger partial charge in [-0.1, -0.05) is 45.4 Å². The second-order valence-corrected chi connectivity index (χ2v) is 12.3. The zero-order valence-electron chi connectivity index (χ0n) is 22.4. The van der Waals surface area contributed by atoms with Gasteiger partial charge in [0.25, 0.3) is 10.0 Å². The van der Waals surface area contributed by atoms with Crippen LogP contribution in [-0.4, -0.2) is 56.0 Å². The molecule has 39 heavy (non-hydrogen) atoms. The molecular formula is C27H31FN6O4S. The number of nitrogens with zero attached hydrogens (tertiary/aromatic N) is 5. The number of aryl methyl sites for hydroxylation is 1. The molecule has 1 atom stereocenters. The highest BCUT2D eigenvalue weighted by Gasteiger charge is 2.30. The molecular weight excluding hydrogens is 523 g/mol. The van der Waals surface area contributed by atoms with Gasteiger partial charge < -0.3 is 5.11 Å². The van der Waals surface area contributed by atoms with Crippen molar-refractivity contribution in [3.8, 4) is 11.4 Å². The van der Waals surface area contributed by atoms with E-state index in [4.69, 9.17) is 0 Å².